The molecule has 0 unspecified atom stereocenters. The monoisotopic (exact) mass is 410 g/mol. The molecule has 1 saturated heterocycles. The summed E-state index contributed by atoms with van der Waals surface area (Å²) in [4.78, 5) is 14.6. The molecule has 0 aromatic heterocycles. The van der Waals surface area contributed by atoms with Crippen LogP contribution in [-0.2, 0) is 11.3 Å². The number of hydrogen-bond donors (Lipinski definition) is 1. The van der Waals surface area contributed by atoms with Gasteiger partial charge in [-0.05, 0) is 56.3 Å². The topological polar surface area (TPSA) is 41.6 Å². The zero-order chi connectivity index (χ0) is 19.4. The molecule has 0 aliphatic carbocycles. The summed E-state index contributed by atoms with van der Waals surface area (Å²) >= 11 is 12.2. The number of piperidine rings is 1. The highest BCUT2D eigenvalue weighted by molar-refractivity contribution is 6.32. The second-order valence-corrected chi connectivity index (χ2v) is 7.40. The summed E-state index contributed by atoms with van der Waals surface area (Å²) in [6.45, 7) is 1.88. The van der Waals surface area contributed by atoms with E-state index in [9.17, 15) is 9.18 Å². The van der Waals surface area contributed by atoms with Crippen molar-refractivity contribution in [1.82, 2.24) is 4.90 Å². The van der Waals surface area contributed by atoms with Crippen LogP contribution >= 0.6 is 23.2 Å². The first-order valence-corrected chi connectivity index (χ1v) is 9.53. The molecule has 4 nitrogen and oxygen atoms in total. The Morgan fingerprint density at radius 3 is 2.59 bits per heavy atom. The van der Waals surface area contributed by atoms with Gasteiger partial charge < -0.3 is 10.1 Å². The molecular formula is C20H21Cl2FN2O2. The molecule has 0 saturated carbocycles. The lowest BCUT2D eigenvalue weighted by Crippen LogP contribution is -2.38. The van der Waals surface area contributed by atoms with E-state index in [0.29, 0.717) is 59.5 Å². The maximum absolute atomic E-state index is 13.9. The third-order valence-electron chi connectivity index (χ3n) is 4.82. The minimum atomic E-state index is -0.293. The third-order valence-corrected chi connectivity index (χ3v) is 5.47. The van der Waals surface area contributed by atoms with Crippen LogP contribution in [0.5, 0.6) is 5.75 Å². The second-order valence-electron chi connectivity index (χ2n) is 6.59. The summed E-state index contributed by atoms with van der Waals surface area (Å²) < 4.78 is 19.1. The maximum atomic E-state index is 13.9. The van der Waals surface area contributed by atoms with E-state index in [-0.39, 0.29) is 17.6 Å². The Balaban J connectivity index is 1.54. The SMILES string of the molecule is COc1ccc(NC(=O)C2CCN(Cc3c(F)cccc3Cl)CC2)cc1Cl. The van der Waals surface area contributed by atoms with Crippen molar-refractivity contribution >= 4 is 34.8 Å². The van der Waals surface area contributed by atoms with Crippen LogP contribution < -0.4 is 10.1 Å². The van der Waals surface area contributed by atoms with Gasteiger partial charge >= 0.3 is 0 Å². The zero-order valence-corrected chi connectivity index (χ0v) is 16.5. The molecule has 1 heterocycles. The summed E-state index contributed by atoms with van der Waals surface area (Å²) in [5.41, 5.74) is 1.15. The van der Waals surface area contributed by atoms with Crippen molar-refractivity contribution in [3.8, 4) is 5.75 Å². The van der Waals surface area contributed by atoms with Crippen molar-refractivity contribution in [3.63, 3.8) is 0 Å². The number of benzene rings is 2. The Bertz CT molecular complexity index is 803. The van der Waals surface area contributed by atoms with Crippen molar-refractivity contribution in [1.29, 1.82) is 0 Å². The first-order chi connectivity index (χ1) is 13.0. The van der Waals surface area contributed by atoms with Gasteiger partial charge in [0.15, 0.2) is 0 Å². The van der Waals surface area contributed by atoms with Gasteiger partial charge in [0.2, 0.25) is 5.91 Å². The van der Waals surface area contributed by atoms with E-state index in [0.717, 1.165) is 0 Å². The molecule has 1 aliphatic rings. The number of anilines is 1. The lowest BCUT2D eigenvalue weighted by atomic mass is 9.95. The molecule has 7 heteroatoms. The van der Waals surface area contributed by atoms with Gasteiger partial charge in [0.1, 0.15) is 11.6 Å². The summed E-state index contributed by atoms with van der Waals surface area (Å²) in [5.74, 6) is 0.159. The zero-order valence-electron chi connectivity index (χ0n) is 15.0. The van der Waals surface area contributed by atoms with E-state index in [1.807, 2.05) is 0 Å². The first-order valence-electron chi connectivity index (χ1n) is 8.77. The van der Waals surface area contributed by atoms with Crippen LogP contribution in [0.1, 0.15) is 18.4 Å². The number of carbonyl (C=O) groups is 1. The normalized spacial score (nSPS) is 15.6. The van der Waals surface area contributed by atoms with Gasteiger partial charge in [0.05, 0.1) is 12.1 Å². The Morgan fingerprint density at radius 1 is 1.22 bits per heavy atom. The number of rotatable bonds is 5. The fourth-order valence-corrected chi connectivity index (χ4v) is 3.73. The Hall–Kier alpha value is -1.82. The van der Waals surface area contributed by atoms with Crippen molar-refractivity contribution in [2.24, 2.45) is 5.92 Å². The highest BCUT2D eigenvalue weighted by Crippen LogP contribution is 2.29. The number of ether oxygens (including phenoxy) is 1. The molecule has 0 radical (unpaired) electrons. The Labute approximate surface area is 168 Å². The second kappa shape index (κ2) is 8.91. The standard InChI is InChI=1S/C20H21Cl2FN2O2/c1-27-19-6-5-14(11-17(19)22)24-20(26)13-7-9-25(10-8-13)12-15-16(21)3-2-4-18(15)23/h2-6,11,13H,7-10,12H2,1H3,(H,24,26). The van der Waals surface area contributed by atoms with Crippen LogP contribution in [0.25, 0.3) is 0 Å². The average Bonchev–Trinajstić information content (AvgIpc) is 2.65. The molecular weight excluding hydrogens is 390 g/mol. The lowest BCUT2D eigenvalue weighted by Gasteiger charge is -2.31. The lowest BCUT2D eigenvalue weighted by molar-refractivity contribution is -0.121. The summed E-state index contributed by atoms with van der Waals surface area (Å²) in [6.07, 6.45) is 1.42. The van der Waals surface area contributed by atoms with Crippen LogP contribution in [0, 0.1) is 11.7 Å². The van der Waals surface area contributed by atoms with Crippen molar-refractivity contribution < 1.29 is 13.9 Å². The van der Waals surface area contributed by atoms with Crippen LogP contribution in [0.4, 0.5) is 10.1 Å². The molecule has 1 aliphatic heterocycles. The molecule has 1 amide bonds. The molecule has 0 bridgehead atoms. The van der Waals surface area contributed by atoms with Crippen LogP contribution in [-0.4, -0.2) is 31.0 Å². The molecule has 2 aromatic rings. The van der Waals surface area contributed by atoms with E-state index < -0.39 is 0 Å². The van der Waals surface area contributed by atoms with E-state index in [4.69, 9.17) is 27.9 Å². The maximum Gasteiger partial charge on any atom is 0.227 e. The number of carbonyl (C=O) groups excluding carboxylic acids is 1. The molecule has 144 valence electrons. The van der Waals surface area contributed by atoms with Crippen LogP contribution in [0.2, 0.25) is 10.0 Å². The smallest absolute Gasteiger partial charge is 0.227 e. The average molecular weight is 411 g/mol. The molecule has 1 fully saturated rings. The predicted molar refractivity (Wildman–Crippen MR) is 106 cm³/mol. The predicted octanol–water partition coefficient (Wildman–Crippen LogP) is 4.99. The number of hydrogen-bond acceptors (Lipinski definition) is 3. The van der Waals surface area contributed by atoms with Gasteiger partial charge in [-0.3, -0.25) is 9.69 Å². The minimum absolute atomic E-state index is 0.0280. The van der Waals surface area contributed by atoms with E-state index in [1.54, 1.807) is 37.4 Å². The Morgan fingerprint density at radius 2 is 1.96 bits per heavy atom. The molecule has 1 N–H and O–H groups in total. The number of likely N-dealkylation sites (tertiary alicyclic amines) is 1. The van der Waals surface area contributed by atoms with Gasteiger partial charge in [-0.25, -0.2) is 4.39 Å². The van der Waals surface area contributed by atoms with Crippen molar-refractivity contribution in [2.45, 2.75) is 19.4 Å². The molecule has 2 aromatic carbocycles. The van der Waals surface area contributed by atoms with Crippen molar-refractivity contribution in [2.75, 3.05) is 25.5 Å². The summed E-state index contributed by atoms with van der Waals surface area (Å²) in [7, 11) is 1.54. The largest absolute Gasteiger partial charge is 0.495 e. The quantitative estimate of drug-likeness (QED) is 0.754. The van der Waals surface area contributed by atoms with E-state index in [2.05, 4.69) is 10.2 Å². The fourth-order valence-electron chi connectivity index (χ4n) is 3.25. The minimum Gasteiger partial charge on any atom is -0.495 e. The number of halogens is 3. The number of amides is 1. The highest BCUT2D eigenvalue weighted by atomic mass is 35.5. The van der Waals surface area contributed by atoms with Gasteiger partial charge in [-0.2, -0.15) is 0 Å². The Kier molecular flexibility index (Phi) is 6.58. The third kappa shape index (κ3) is 4.92. The van der Waals surface area contributed by atoms with Gasteiger partial charge in [0.25, 0.3) is 0 Å². The first kappa shape index (κ1) is 19.9. The van der Waals surface area contributed by atoms with Crippen LogP contribution in [0.3, 0.4) is 0 Å². The molecule has 0 spiro atoms. The van der Waals surface area contributed by atoms with Gasteiger partial charge in [-0.15, -0.1) is 0 Å². The van der Waals surface area contributed by atoms with Crippen molar-refractivity contribution in [3.05, 3.63) is 57.8 Å². The molecule has 27 heavy (non-hydrogen) atoms. The highest BCUT2D eigenvalue weighted by Gasteiger charge is 2.26. The molecule has 3 rings (SSSR count). The summed E-state index contributed by atoms with van der Waals surface area (Å²) in [6, 6.07) is 9.87. The number of nitrogens with zero attached hydrogens (tertiary/aromatic N) is 1. The summed E-state index contributed by atoms with van der Waals surface area (Å²) in [5, 5.41) is 3.80. The fraction of sp³-hybridized carbons (Fsp3) is 0.350. The number of methoxy groups -OCH3 is 1. The van der Waals surface area contributed by atoms with Crippen LogP contribution in [0.15, 0.2) is 36.4 Å². The van der Waals surface area contributed by atoms with Gasteiger partial charge in [-0.1, -0.05) is 29.3 Å². The number of nitrogens with one attached hydrogen (secondary N) is 1. The van der Waals surface area contributed by atoms with E-state index in [1.165, 1.54) is 6.07 Å². The van der Waals surface area contributed by atoms with E-state index >= 15 is 0 Å². The molecule has 0 atom stereocenters. The van der Waals surface area contributed by atoms with Gasteiger partial charge in [0, 0.05) is 28.7 Å².